The first-order valence-corrected chi connectivity index (χ1v) is 8.38. The summed E-state index contributed by atoms with van der Waals surface area (Å²) in [7, 11) is 0. The Morgan fingerprint density at radius 1 is 0.962 bits per heavy atom. The van der Waals surface area contributed by atoms with Crippen LogP contribution in [0.1, 0.15) is 27.0 Å². The number of rotatable bonds is 6. The Balaban J connectivity index is 1.53. The van der Waals surface area contributed by atoms with Gasteiger partial charge in [-0.2, -0.15) is 5.10 Å². The first kappa shape index (κ1) is 17.4. The summed E-state index contributed by atoms with van der Waals surface area (Å²) >= 11 is 0. The van der Waals surface area contributed by atoms with Crippen LogP contribution in [0.3, 0.4) is 0 Å². The first-order chi connectivity index (χ1) is 12.7. The van der Waals surface area contributed by atoms with Gasteiger partial charge in [0.2, 0.25) is 0 Å². The van der Waals surface area contributed by atoms with Gasteiger partial charge in [0.15, 0.2) is 0 Å². The fourth-order valence-electron chi connectivity index (χ4n) is 2.40. The summed E-state index contributed by atoms with van der Waals surface area (Å²) in [6.45, 7) is 2.61. The van der Waals surface area contributed by atoms with Gasteiger partial charge in [-0.1, -0.05) is 42.5 Å². The third-order valence-corrected chi connectivity index (χ3v) is 3.95. The molecule has 3 rings (SSSR count). The number of hydrazone groups is 1. The summed E-state index contributed by atoms with van der Waals surface area (Å²) in [5.74, 6) is 0.554. The number of hydrogen-bond donors (Lipinski definition) is 1. The Hall–Kier alpha value is -3.40. The number of hydrogen-bond acceptors (Lipinski definition) is 3. The largest absolute Gasteiger partial charge is 0.489 e. The minimum Gasteiger partial charge on any atom is -0.489 e. The predicted molar refractivity (Wildman–Crippen MR) is 103 cm³/mol. The van der Waals surface area contributed by atoms with E-state index >= 15 is 0 Å². The molecule has 0 fully saturated rings. The zero-order valence-corrected chi connectivity index (χ0v) is 14.6. The van der Waals surface area contributed by atoms with Crippen molar-refractivity contribution in [2.24, 2.45) is 5.10 Å². The number of ether oxygens (including phenoxy) is 1. The third kappa shape index (κ3) is 4.80. The molecule has 130 valence electrons. The second kappa shape index (κ2) is 8.62. The highest BCUT2D eigenvalue weighted by atomic mass is 16.5. The summed E-state index contributed by atoms with van der Waals surface area (Å²) in [4.78, 5) is 11.9. The van der Waals surface area contributed by atoms with E-state index in [2.05, 4.69) is 29.6 Å². The lowest BCUT2D eigenvalue weighted by Gasteiger charge is -2.08. The van der Waals surface area contributed by atoms with E-state index in [0.717, 1.165) is 11.3 Å². The predicted octanol–water partition coefficient (Wildman–Crippen LogP) is 4.34. The Kier molecular flexibility index (Phi) is 5.78. The number of amides is 1. The molecule has 26 heavy (non-hydrogen) atoms. The molecule has 0 radical (unpaired) electrons. The second-order valence-corrected chi connectivity index (χ2v) is 5.85. The maximum absolute atomic E-state index is 11.9. The standard InChI is InChI=1S/C22H20N2O2/c1-17-7-5-6-10-20(17)16-26-21-13-11-18(12-14-21)15-23-24-22(25)19-8-3-2-4-9-19/h2-15H,16H2,1H3,(H,24,25). The highest BCUT2D eigenvalue weighted by Gasteiger charge is 2.02. The van der Waals surface area contributed by atoms with E-state index in [4.69, 9.17) is 4.74 Å². The van der Waals surface area contributed by atoms with Crippen LogP contribution in [0.15, 0.2) is 84.0 Å². The summed E-state index contributed by atoms with van der Waals surface area (Å²) in [5.41, 5.74) is 6.35. The SMILES string of the molecule is Cc1ccccc1COc1ccc(C=NNC(=O)c2ccccc2)cc1. The normalized spacial score (nSPS) is 10.7. The van der Waals surface area contributed by atoms with Crippen LogP contribution in [0.4, 0.5) is 0 Å². The van der Waals surface area contributed by atoms with E-state index in [1.54, 1.807) is 18.3 Å². The molecule has 0 heterocycles. The summed E-state index contributed by atoms with van der Waals surface area (Å²) in [6, 6.07) is 24.7. The minimum absolute atomic E-state index is 0.236. The van der Waals surface area contributed by atoms with Gasteiger partial charge in [0.25, 0.3) is 5.91 Å². The van der Waals surface area contributed by atoms with E-state index < -0.39 is 0 Å². The highest BCUT2D eigenvalue weighted by molar-refractivity contribution is 5.94. The molecular weight excluding hydrogens is 324 g/mol. The van der Waals surface area contributed by atoms with Crippen LogP contribution in [-0.2, 0) is 6.61 Å². The number of nitrogens with zero attached hydrogens (tertiary/aromatic N) is 1. The van der Waals surface area contributed by atoms with Gasteiger partial charge in [-0.15, -0.1) is 0 Å². The van der Waals surface area contributed by atoms with Crippen LogP contribution in [0.2, 0.25) is 0 Å². The molecular formula is C22H20N2O2. The van der Waals surface area contributed by atoms with Crippen LogP contribution < -0.4 is 10.2 Å². The van der Waals surface area contributed by atoms with Crippen molar-refractivity contribution in [3.05, 3.63) is 101 Å². The number of carbonyl (C=O) groups is 1. The van der Waals surface area contributed by atoms with Crippen LogP contribution >= 0.6 is 0 Å². The Labute approximate surface area is 153 Å². The fraction of sp³-hybridized carbons (Fsp3) is 0.0909. The molecule has 0 unspecified atom stereocenters. The van der Waals surface area contributed by atoms with E-state index in [-0.39, 0.29) is 5.91 Å². The van der Waals surface area contributed by atoms with E-state index in [1.165, 1.54) is 11.1 Å². The highest BCUT2D eigenvalue weighted by Crippen LogP contribution is 2.15. The van der Waals surface area contributed by atoms with Crippen molar-refractivity contribution < 1.29 is 9.53 Å². The summed E-state index contributed by atoms with van der Waals surface area (Å²) in [6.07, 6.45) is 1.60. The smallest absolute Gasteiger partial charge is 0.271 e. The van der Waals surface area contributed by atoms with Gasteiger partial charge < -0.3 is 4.74 Å². The molecule has 0 saturated carbocycles. The van der Waals surface area contributed by atoms with E-state index in [0.29, 0.717) is 12.2 Å². The minimum atomic E-state index is -0.236. The molecule has 1 amide bonds. The maximum atomic E-state index is 11.9. The first-order valence-electron chi connectivity index (χ1n) is 8.38. The zero-order valence-electron chi connectivity index (χ0n) is 14.6. The quantitative estimate of drug-likeness (QED) is 0.534. The van der Waals surface area contributed by atoms with Gasteiger partial charge >= 0.3 is 0 Å². The topological polar surface area (TPSA) is 50.7 Å². The Bertz CT molecular complexity index is 888. The van der Waals surface area contributed by atoms with Crippen molar-refractivity contribution in [3.8, 4) is 5.75 Å². The summed E-state index contributed by atoms with van der Waals surface area (Å²) < 4.78 is 5.81. The monoisotopic (exact) mass is 344 g/mol. The van der Waals surface area contributed by atoms with Gasteiger partial charge in [-0.05, 0) is 60.0 Å². The van der Waals surface area contributed by atoms with Crippen molar-refractivity contribution in [3.63, 3.8) is 0 Å². The van der Waals surface area contributed by atoms with Crippen molar-refractivity contribution in [1.82, 2.24) is 5.43 Å². The lowest BCUT2D eigenvalue weighted by Crippen LogP contribution is -2.17. The van der Waals surface area contributed by atoms with Crippen molar-refractivity contribution in [2.75, 3.05) is 0 Å². The number of carbonyl (C=O) groups excluding carboxylic acids is 1. The Morgan fingerprint density at radius 3 is 2.38 bits per heavy atom. The molecule has 0 spiro atoms. The number of nitrogens with one attached hydrogen (secondary N) is 1. The Morgan fingerprint density at radius 2 is 1.65 bits per heavy atom. The molecule has 0 aromatic heterocycles. The molecule has 0 aliphatic heterocycles. The lowest BCUT2D eigenvalue weighted by molar-refractivity contribution is 0.0955. The van der Waals surface area contributed by atoms with Crippen LogP contribution in [0.5, 0.6) is 5.75 Å². The molecule has 0 aliphatic carbocycles. The van der Waals surface area contributed by atoms with Gasteiger partial charge in [0, 0.05) is 5.56 Å². The molecule has 3 aromatic rings. The second-order valence-electron chi connectivity index (χ2n) is 5.85. The number of aryl methyl sites for hydroxylation is 1. The van der Waals surface area contributed by atoms with E-state index in [1.807, 2.05) is 54.6 Å². The van der Waals surface area contributed by atoms with Crippen LogP contribution in [-0.4, -0.2) is 12.1 Å². The van der Waals surface area contributed by atoms with Crippen molar-refractivity contribution in [1.29, 1.82) is 0 Å². The van der Waals surface area contributed by atoms with Gasteiger partial charge in [-0.3, -0.25) is 4.79 Å². The fourth-order valence-corrected chi connectivity index (χ4v) is 2.40. The molecule has 4 heteroatoms. The zero-order chi connectivity index (χ0) is 18.2. The molecule has 0 bridgehead atoms. The lowest BCUT2D eigenvalue weighted by atomic mass is 10.1. The average molecular weight is 344 g/mol. The molecule has 3 aromatic carbocycles. The average Bonchev–Trinajstić information content (AvgIpc) is 2.69. The molecule has 4 nitrogen and oxygen atoms in total. The van der Waals surface area contributed by atoms with Gasteiger partial charge in [0.1, 0.15) is 12.4 Å². The molecule has 0 atom stereocenters. The van der Waals surface area contributed by atoms with Gasteiger partial charge in [-0.25, -0.2) is 5.43 Å². The van der Waals surface area contributed by atoms with Gasteiger partial charge in [0.05, 0.1) is 6.21 Å². The number of benzene rings is 3. The van der Waals surface area contributed by atoms with E-state index in [9.17, 15) is 4.79 Å². The maximum Gasteiger partial charge on any atom is 0.271 e. The van der Waals surface area contributed by atoms with Crippen LogP contribution in [0, 0.1) is 6.92 Å². The third-order valence-electron chi connectivity index (χ3n) is 3.95. The summed E-state index contributed by atoms with van der Waals surface area (Å²) in [5, 5.41) is 3.99. The molecule has 0 aliphatic rings. The van der Waals surface area contributed by atoms with Crippen molar-refractivity contribution in [2.45, 2.75) is 13.5 Å². The molecule has 0 saturated heterocycles. The van der Waals surface area contributed by atoms with Crippen molar-refractivity contribution >= 4 is 12.1 Å². The van der Waals surface area contributed by atoms with Crippen LogP contribution in [0.25, 0.3) is 0 Å². The molecule has 1 N–H and O–H groups in total.